The van der Waals surface area contributed by atoms with Gasteiger partial charge >= 0.3 is 0 Å². The van der Waals surface area contributed by atoms with Crippen molar-refractivity contribution in [1.29, 1.82) is 5.26 Å². The molecule has 0 saturated carbocycles. The Bertz CT molecular complexity index is 1440. The number of nitrogens with zero attached hydrogens (tertiary/aromatic N) is 4. The summed E-state index contributed by atoms with van der Waals surface area (Å²) < 4.78 is 0. The van der Waals surface area contributed by atoms with E-state index in [0.717, 1.165) is 5.56 Å². The van der Waals surface area contributed by atoms with Crippen molar-refractivity contribution in [3.8, 4) is 6.07 Å². The molecule has 0 bridgehead atoms. The summed E-state index contributed by atoms with van der Waals surface area (Å²) in [5, 5.41) is 24.2. The summed E-state index contributed by atoms with van der Waals surface area (Å²) in [6, 6.07) is 22.6. The zero-order valence-electron chi connectivity index (χ0n) is 22.6. The van der Waals surface area contributed by atoms with Gasteiger partial charge in [0.15, 0.2) is 0 Å². The Balaban J connectivity index is 1.96. The third-order valence-electron chi connectivity index (χ3n) is 6.73. The third-order valence-corrected chi connectivity index (χ3v) is 6.73. The summed E-state index contributed by atoms with van der Waals surface area (Å²) in [5.74, 6) is -1.94. The van der Waals surface area contributed by atoms with Gasteiger partial charge in [0.05, 0.1) is 5.70 Å². The molecule has 9 heteroatoms. The molecule has 1 unspecified atom stereocenters. The Morgan fingerprint density at radius 2 is 1.68 bits per heavy atom. The first-order valence-corrected chi connectivity index (χ1v) is 13.0. The molecular formula is C31H31N5O4. The standard InChI is InChI=1S/C31H31N5O4/c1-21(2)28-30(39)36(27(18-23-12-6-4-7-13-23)31(40,20-32)34-22(3)37)26(24-14-8-5-9-15-24)19-35(28)29(38)25-16-10-11-17-33-25/h4-17,19,21,27-28,40H,18H2,1-3H3,(H,34,37)/t27-,28+,31?/m0/s1. The normalized spacial score (nSPS) is 17.4. The van der Waals surface area contributed by atoms with Gasteiger partial charge in [-0.25, -0.2) is 0 Å². The Morgan fingerprint density at radius 3 is 2.23 bits per heavy atom. The molecule has 0 saturated heterocycles. The van der Waals surface area contributed by atoms with Crippen LogP contribution in [0.4, 0.5) is 0 Å². The van der Waals surface area contributed by atoms with Gasteiger partial charge < -0.3 is 10.4 Å². The molecule has 1 aromatic heterocycles. The van der Waals surface area contributed by atoms with Crippen molar-refractivity contribution in [3.63, 3.8) is 0 Å². The molecular weight excluding hydrogens is 506 g/mol. The van der Waals surface area contributed by atoms with Crippen molar-refractivity contribution in [2.75, 3.05) is 0 Å². The van der Waals surface area contributed by atoms with Crippen molar-refractivity contribution in [2.45, 2.75) is 45.0 Å². The molecule has 204 valence electrons. The molecule has 0 aliphatic carbocycles. The van der Waals surface area contributed by atoms with Crippen LogP contribution >= 0.6 is 0 Å². The maximum Gasteiger partial charge on any atom is 0.277 e. The zero-order valence-corrected chi connectivity index (χ0v) is 22.6. The molecule has 2 aromatic carbocycles. The van der Waals surface area contributed by atoms with Crippen molar-refractivity contribution >= 4 is 23.4 Å². The molecule has 3 atom stereocenters. The van der Waals surface area contributed by atoms with E-state index in [1.54, 1.807) is 48.7 Å². The van der Waals surface area contributed by atoms with Crippen LogP contribution in [0.2, 0.25) is 0 Å². The number of aromatic nitrogens is 1. The molecule has 4 rings (SSSR count). The SMILES string of the molecule is CC(=O)NC(O)(C#N)[C@H](Cc1ccccc1)N1C(=O)[C@@H](C(C)C)N(C(=O)c2ccccn2)C=C1c1ccccc1. The van der Waals surface area contributed by atoms with Crippen LogP contribution in [0.5, 0.6) is 0 Å². The minimum atomic E-state index is -2.44. The van der Waals surface area contributed by atoms with Gasteiger partial charge in [0.1, 0.15) is 23.8 Å². The van der Waals surface area contributed by atoms with E-state index in [9.17, 15) is 24.8 Å². The summed E-state index contributed by atoms with van der Waals surface area (Å²) >= 11 is 0. The maximum absolute atomic E-state index is 14.5. The van der Waals surface area contributed by atoms with E-state index >= 15 is 0 Å². The fraction of sp³-hybridized carbons (Fsp3) is 0.258. The minimum absolute atomic E-state index is 0.0418. The van der Waals surface area contributed by atoms with Gasteiger partial charge in [0.25, 0.3) is 11.8 Å². The number of rotatable bonds is 8. The lowest BCUT2D eigenvalue weighted by molar-refractivity contribution is -0.144. The zero-order chi connectivity index (χ0) is 28.9. The smallest absolute Gasteiger partial charge is 0.277 e. The van der Waals surface area contributed by atoms with Crippen molar-refractivity contribution < 1.29 is 19.5 Å². The van der Waals surface area contributed by atoms with Gasteiger partial charge in [-0.2, -0.15) is 5.26 Å². The van der Waals surface area contributed by atoms with Gasteiger partial charge in [-0.15, -0.1) is 0 Å². The Labute approximate surface area is 233 Å². The van der Waals surface area contributed by atoms with Crippen LogP contribution in [0.25, 0.3) is 5.70 Å². The second-order valence-electron chi connectivity index (χ2n) is 9.97. The molecule has 1 aliphatic heterocycles. The lowest BCUT2D eigenvalue weighted by Gasteiger charge is -2.47. The quantitative estimate of drug-likeness (QED) is 0.335. The summed E-state index contributed by atoms with van der Waals surface area (Å²) in [6.07, 6.45) is 3.12. The molecule has 2 heterocycles. The van der Waals surface area contributed by atoms with Crippen LogP contribution in [0, 0.1) is 17.2 Å². The topological polar surface area (TPSA) is 127 Å². The molecule has 2 N–H and O–H groups in total. The van der Waals surface area contributed by atoms with Gasteiger partial charge in [-0.3, -0.25) is 29.2 Å². The first-order valence-electron chi connectivity index (χ1n) is 13.0. The minimum Gasteiger partial charge on any atom is -0.358 e. The van der Waals surface area contributed by atoms with E-state index in [-0.39, 0.29) is 18.0 Å². The highest BCUT2D eigenvalue weighted by molar-refractivity contribution is 6.02. The average molecular weight is 538 g/mol. The highest BCUT2D eigenvalue weighted by atomic mass is 16.3. The second kappa shape index (κ2) is 11.9. The summed E-state index contributed by atoms with van der Waals surface area (Å²) in [6.45, 7) is 4.83. The number of hydrogen-bond donors (Lipinski definition) is 2. The van der Waals surface area contributed by atoms with E-state index in [1.807, 2.05) is 56.3 Å². The average Bonchev–Trinajstić information content (AvgIpc) is 2.96. The molecule has 1 aliphatic rings. The molecule has 40 heavy (non-hydrogen) atoms. The number of nitriles is 1. The molecule has 9 nitrogen and oxygen atoms in total. The van der Waals surface area contributed by atoms with E-state index in [0.29, 0.717) is 11.3 Å². The fourth-order valence-electron chi connectivity index (χ4n) is 4.93. The van der Waals surface area contributed by atoms with E-state index < -0.39 is 35.5 Å². The van der Waals surface area contributed by atoms with Gasteiger partial charge in [0, 0.05) is 19.3 Å². The second-order valence-corrected chi connectivity index (χ2v) is 9.97. The monoisotopic (exact) mass is 537 g/mol. The van der Waals surface area contributed by atoms with Crippen LogP contribution in [0.1, 0.15) is 42.4 Å². The number of nitrogens with one attached hydrogen (secondary N) is 1. The number of carbonyl (C=O) groups is 3. The number of hydrogen-bond acceptors (Lipinski definition) is 6. The summed E-state index contributed by atoms with van der Waals surface area (Å²) in [5.41, 5.74) is -0.657. The van der Waals surface area contributed by atoms with Crippen LogP contribution in [0.15, 0.2) is 91.3 Å². The Kier molecular flexibility index (Phi) is 8.41. The number of amides is 3. The van der Waals surface area contributed by atoms with Crippen LogP contribution in [-0.2, 0) is 16.0 Å². The number of pyridine rings is 1. The Hall–Kier alpha value is -4.81. The van der Waals surface area contributed by atoms with Crippen molar-refractivity contribution in [2.24, 2.45) is 5.92 Å². The highest BCUT2D eigenvalue weighted by Crippen LogP contribution is 2.36. The van der Waals surface area contributed by atoms with E-state index in [2.05, 4.69) is 10.3 Å². The molecule has 3 amide bonds. The lowest BCUT2D eigenvalue weighted by Crippen LogP contribution is -2.66. The van der Waals surface area contributed by atoms with Gasteiger partial charge in [-0.1, -0.05) is 80.6 Å². The predicted octanol–water partition coefficient (Wildman–Crippen LogP) is 3.35. The van der Waals surface area contributed by atoms with E-state index in [1.165, 1.54) is 22.9 Å². The van der Waals surface area contributed by atoms with Crippen molar-refractivity contribution in [3.05, 3.63) is 108 Å². The Morgan fingerprint density at radius 1 is 1.05 bits per heavy atom. The van der Waals surface area contributed by atoms with Crippen molar-refractivity contribution in [1.82, 2.24) is 20.1 Å². The largest absolute Gasteiger partial charge is 0.358 e. The first kappa shape index (κ1) is 28.2. The van der Waals surface area contributed by atoms with Gasteiger partial charge in [-0.05, 0) is 35.6 Å². The summed E-state index contributed by atoms with van der Waals surface area (Å²) in [7, 11) is 0. The molecule has 0 spiro atoms. The fourth-order valence-corrected chi connectivity index (χ4v) is 4.93. The third kappa shape index (κ3) is 5.77. The van der Waals surface area contributed by atoms with Crippen LogP contribution in [-0.4, -0.2) is 55.4 Å². The summed E-state index contributed by atoms with van der Waals surface area (Å²) in [4.78, 5) is 47.3. The van der Waals surface area contributed by atoms with E-state index in [4.69, 9.17) is 0 Å². The predicted molar refractivity (Wildman–Crippen MR) is 149 cm³/mol. The number of aliphatic hydroxyl groups is 1. The molecule has 3 aromatic rings. The molecule has 0 fully saturated rings. The maximum atomic E-state index is 14.5. The number of carbonyl (C=O) groups excluding carboxylic acids is 3. The lowest BCUT2D eigenvalue weighted by atomic mass is 9.89. The van der Waals surface area contributed by atoms with Crippen LogP contribution < -0.4 is 5.32 Å². The van der Waals surface area contributed by atoms with Gasteiger partial charge in [0.2, 0.25) is 11.6 Å². The molecule has 0 radical (unpaired) electrons. The highest BCUT2D eigenvalue weighted by Gasteiger charge is 2.50. The number of benzene rings is 2. The van der Waals surface area contributed by atoms with Crippen LogP contribution in [0.3, 0.4) is 0 Å². The first-order chi connectivity index (χ1) is 19.2.